The summed E-state index contributed by atoms with van der Waals surface area (Å²) in [5.41, 5.74) is 1.61. The highest BCUT2D eigenvalue weighted by Gasteiger charge is 2.37. The van der Waals surface area contributed by atoms with Gasteiger partial charge in [-0.3, -0.25) is 19.3 Å². The Morgan fingerprint density at radius 2 is 1.94 bits per heavy atom. The lowest BCUT2D eigenvalue weighted by Crippen LogP contribution is -2.35. The van der Waals surface area contributed by atoms with Crippen LogP contribution in [0.25, 0.3) is 6.08 Å². The maximum atomic E-state index is 12.7. The first-order valence-corrected chi connectivity index (χ1v) is 12.7. The maximum absolute atomic E-state index is 12.7. The van der Waals surface area contributed by atoms with Crippen molar-refractivity contribution in [3.05, 3.63) is 61.0 Å². The number of esters is 1. The number of carbonyl (C=O) groups excluding carboxylic acids is 3. The van der Waals surface area contributed by atoms with Crippen LogP contribution in [-0.2, 0) is 20.9 Å². The Kier molecular flexibility index (Phi) is 9.26. The van der Waals surface area contributed by atoms with Crippen molar-refractivity contribution in [1.29, 1.82) is 0 Å². The van der Waals surface area contributed by atoms with Gasteiger partial charge in [-0.05, 0) is 89.2 Å². The molecule has 1 aliphatic heterocycles. The van der Waals surface area contributed by atoms with Gasteiger partial charge in [-0.15, -0.1) is 0 Å². The SMILES string of the molecule is CC[C@@H](C)OC(=O)CN1C(=O)S/C(=C/c2cc(I)c(OCc3ccc(Cl)cc3)c(OC)c2)C1=O. The molecule has 3 rings (SSSR count). The van der Waals surface area contributed by atoms with Crippen molar-refractivity contribution in [3.8, 4) is 11.5 Å². The monoisotopic (exact) mass is 615 g/mol. The van der Waals surface area contributed by atoms with Crippen molar-refractivity contribution in [1.82, 2.24) is 4.90 Å². The van der Waals surface area contributed by atoms with Gasteiger partial charge in [-0.2, -0.15) is 0 Å². The molecule has 34 heavy (non-hydrogen) atoms. The number of thioether (sulfide) groups is 1. The summed E-state index contributed by atoms with van der Waals surface area (Å²) in [6.07, 6.45) is 1.96. The fraction of sp³-hybridized carbons (Fsp3) is 0.292. The van der Waals surface area contributed by atoms with Crippen molar-refractivity contribution in [2.75, 3.05) is 13.7 Å². The van der Waals surface area contributed by atoms with Crippen LogP contribution >= 0.6 is 46.0 Å². The van der Waals surface area contributed by atoms with Crippen LogP contribution in [0.3, 0.4) is 0 Å². The zero-order valence-electron chi connectivity index (χ0n) is 18.8. The smallest absolute Gasteiger partial charge is 0.326 e. The minimum Gasteiger partial charge on any atom is -0.493 e. The van der Waals surface area contributed by atoms with E-state index in [9.17, 15) is 14.4 Å². The third kappa shape index (κ3) is 6.67. The quantitative estimate of drug-likeness (QED) is 0.197. The molecular formula is C24H23ClINO6S. The van der Waals surface area contributed by atoms with Crippen LogP contribution in [0.1, 0.15) is 31.4 Å². The Balaban J connectivity index is 1.75. The van der Waals surface area contributed by atoms with Gasteiger partial charge in [0.25, 0.3) is 11.1 Å². The van der Waals surface area contributed by atoms with Crippen molar-refractivity contribution in [2.45, 2.75) is 33.0 Å². The third-order valence-electron chi connectivity index (χ3n) is 4.91. The fourth-order valence-corrected chi connectivity index (χ4v) is 4.71. The molecule has 0 unspecified atom stereocenters. The number of imide groups is 1. The van der Waals surface area contributed by atoms with E-state index in [1.54, 1.807) is 31.2 Å². The topological polar surface area (TPSA) is 82.1 Å². The van der Waals surface area contributed by atoms with E-state index in [-0.39, 0.29) is 11.0 Å². The average molecular weight is 616 g/mol. The number of hydrogen-bond donors (Lipinski definition) is 0. The second-order valence-corrected chi connectivity index (χ2v) is 10.0. The number of rotatable bonds is 9. The second-order valence-electron chi connectivity index (χ2n) is 7.43. The summed E-state index contributed by atoms with van der Waals surface area (Å²) in [6.45, 7) is 3.55. The molecule has 0 N–H and O–H groups in total. The number of halogens is 2. The minimum atomic E-state index is -0.615. The van der Waals surface area contributed by atoms with Crippen molar-refractivity contribution >= 4 is 69.1 Å². The zero-order valence-corrected chi connectivity index (χ0v) is 22.5. The molecule has 2 aromatic carbocycles. The van der Waals surface area contributed by atoms with Crippen molar-refractivity contribution in [3.63, 3.8) is 0 Å². The lowest BCUT2D eigenvalue weighted by molar-refractivity contribution is -0.150. The molecular weight excluding hydrogens is 593 g/mol. The normalized spacial score (nSPS) is 15.6. The highest BCUT2D eigenvalue weighted by Crippen LogP contribution is 2.37. The lowest BCUT2D eigenvalue weighted by atomic mass is 10.1. The molecule has 1 heterocycles. The summed E-state index contributed by atoms with van der Waals surface area (Å²) >= 11 is 8.84. The summed E-state index contributed by atoms with van der Waals surface area (Å²) < 4.78 is 17.4. The van der Waals surface area contributed by atoms with E-state index in [1.807, 2.05) is 25.1 Å². The van der Waals surface area contributed by atoms with E-state index in [2.05, 4.69) is 22.6 Å². The van der Waals surface area contributed by atoms with Gasteiger partial charge in [0, 0.05) is 5.02 Å². The molecule has 10 heteroatoms. The molecule has 1 saturated heterocycles. The van der Waals surface area contributed by atoms with Crippen LogP contribution in [-0.4, -0.2) is 41.8 Å². The Hall–Kier alpha value is -2.24. The summed E-state index contributed by atoms with van der Waals surface area (Å²) in [6, 6.07) is 10.9. The third-order valence-corrected chi connectivity index (χ3v) is 6.87. The summed E-state index contributed by atoms with van der Waals surface area (Å²) in [4.78, 5) is 38.2. The molecule has 0 bridgehead atoms. The highest BCUT2D eigenvalue weighted by molar-refractivity contribution is 14.1. The standard InChI is InChI=1S/C24H23ClINO6S/c1-4-14(2)33-21(28)12-27-23(29)20(34-24(27)30)11-16-9-18(26)22(19(10-16)31-3)32-13-15-5-7-17(25)8-6-15/h5-11,14H,4,12-13H2,1-3H3/b20-11+/t14-/m1/s1. The average Bonchev–Trinajstić information content (AvgIpc) is 3.06. The number of carbonyl (C=O) groups is 3. The van der Waals surface area contributed by atoms with Crippen LogP contribution in [0, 0.1) is 3.57 Å². The van der Waals surface area contributed by atoms with E-state index in [0.717, 1.165) is 25.8 Å². The summed E-state index contributed by atoms with van der Waals surface area (Å²) in [7, 11) is 1.53. The van der Waals surface area contributed by atoms with Gasteiger partial charge in [0.05, 0.1) is 21.7 Å². The molecule has 0 aliphatic carbocycles. The largest absolute Gasteiger partial charge is 0.493 e. The maximum Gasteiger partial charge on any atom is 0.326 e. The molecule has 1 atom stereocenters. The summed E-state index contributed by atoms with van der Waals surface area (Å²) in [5.74, 6) is -0.0935. The van der Waals surface area contributed by atoms with Crippen molar-refractivity contribution < 1.29 is 28.6 Å². The molecule has 180 valence electrons. The van der Waals surface area contributed by atoms with Gasteiger partial charge >= 0.3 is 5.97 Å². The minimum absolute atomic E-state index is 0.217. The van der Waals surface area contributed by atoms with Crippen molar-refractivity contribution in [2.24, 2.45) is 0 Å². The number of hydrogen-bond acceptors (Lipinski definition) is 7. The van der Waals surface area contributed by atoms with Crippen LogP contribution < -0.4 is 9.47 Å². The van der Waals surface area contributed by atoms with E-state index < -0.39 is 23.7 Å². The zero-order chi connectivity index (χ0) is 24.8. The Bertz CT molecular complexity index is 1120. The first-order chi connectivity index (χ1) is 16.2. The van der Waals surface area contributed by atoms with Gasteiger partial charge in [0.15, 0.2) is 11.5 Å². The van der Waals surface area contributed by atoms with E-state index >= 15 is 0 Å². The predicted octanol–water partition coefficient (Wildman–Crippen LogP) is 5.91. The van der Waals surface area contributed by atoms with Crippen LogP contribution in [0.15, 0.2) is 41.3 Å². The fourth-order valence-electron chi connectivity index (χ4n) is 2.96. The van der Waals surface area contributed by atoms with E-state index in [4.69, 9.17) is 25.8 Å². The lowest BCUT2D eigenvalue weighted by Gasteiger charge is -2.15. The molecule has 0 spiro atoms. The molecule has 1 fully saturated rings. The van der Waals surface area contributed by atoms with Gasteiger partial charge in [0.2, 0.25) is 0 Å². The number of methoxy groups -OCH3 is 1. The molecule has 2 aromatic rings. The molecule has 0 aromatic heterocycles. The predicted molar refractivity (Wildman–Crippen MR) is 140 cm³/mol. The van der Waals surface area contributed by atoms with Gasteiger partial charge in [0.1, 0.15) is 13.2 Å². The second kappa shape index (κ2) is 11.9. The Morgan fingerprint density at radius 1 is 1.24 bits per heavy atom. The molecule has 0 radical (unpaired) electrons. The molecule has 7 nitrogen and oxygen atoms in total. The summed E-state index contributed by atoms with van der Waals surface area (Å²) in [5, 5.41) is 0.138. The number of nitrogens with zero attached hydrogens (tertiary/aromatic N) is 1. The Morgan fingerprint density at radius 3 is 2.59 bits per heavy atom. The number of amides is 2. The first-order valence-electron chi connectivity index (χ1n) is 10.4. The number of ether oxygens (including phenoxy) is 3. The van der Waals surface area contributed by atoms with Gasteiger partial charge < -0.3 is 14.2 Å². The number of benzene rings is 2. The van der Waals surface area contributed by atoms with Crippen LogP contribution in [0.5, 0.6) is 11.5 Å². The van der Waals surface area contributed by atoms with E-state index in [1.165, 1.54) is 7.11 Å². The van der Waals surface area contributed by atoms with Crippen LogP contribution in [0.4, 0.5) is 4.79 Å². The molecule has 0 saturated carbocycles. The first kappa shape index (κ1) is 26.4. The Labute approximate surface area is 220 Å². The van der Waals surface area contributed by atoms with E-state index in [0.29, 0.717) is 35.1 Å². The van der Waals surface area contributed by atoms with Gasteiger partial charge in [-0.25, -0.2) is 0 Å². The highest BCUT2D eigenvalue weighted by atomic mass is 127. The van der Waals surface area contributed by atoms with Gasteiger partial charge in [-0.1, -0.05) is 30.7 Å². The molecule has 1 aliphatic rings. The molecule has 2 amide bonds. The van der Waals surface area contributed by atoms with Crippen LogP contribution in [0.2, 0.25) is 5.02 Å².